The van der Waals surface area contributed by atoms with Crippen LogP contribution < -0.4 is 10.6 Å². The molecule has 1 saturated heterocycles. The van der Waals surface area contributed by atoms with Crippen LogP contribution in [0.1, 0.15) is 24.0 Å². The second kappa shape index (κ2) is 9.35. The van der Waals surface area contributed by atoms with Crippen molar-refractivity contribution in [2.45, 2.75) is 18.4 Å². The van der Waals surface area contributed by atoms with Crippen molar-refractivity contribution in [1.29, 1.82) is 5.41 Å². The maximum absolute atomic E-state index is 13.7. The highest BCUT2D eigenvalue weighted by atomic mass is 16.2. The third-order valence-corrected chi connectivity index (χ3v) is 6.27. The minimum absolute atomic E-state index is 0.112. The van der Waals surface area contributed by atoms with Crippen LogP contribution in [-0.2, 0) is 10.3 Å². The average molecular weight is 450 g/mol. The number of guanidine groups is 1. The molecule has 0 atom stereocenters. The standard InChI is InChI=1S/C28H27N5O/c29-27-32-28(22-12-3-1-4-13-22,23-14-5-2-6-15-23)26(34)33(27)20-10-9-19-30-25-18-17-21-11-7-8-16-24(21)31-25/h1-8,11-18H,9-10,19-20H2,(H2,29,32)(H,30,31). The molecule has 6 heteroatoms. The third-order valence-electron chi connectivity index (χ3n) is 6.27. The number of hydrogen-bond donors (Lipinski definition) is 3. The molecule has 5 rings (SSSR count). The van der Waals surface area contributed by atoms with Crippen molar-refractivity contribution in [3.63, 3.8) is 0 Å². The van der Waals surface area contributed by atoms with Crippen molar-refractivity contribution in [2.24, 2.45) is 0 Å². The van der Waals surface area contributed by atoms with Crippen molar-refractivity contribution >= 4 is 28.6 Å². The first-order chi connectivity index (χ1) is 16.7. The Balaban J connectivity index is 1.24. The predicted octanol–water partition coefficient (Wildman–Crippen LogP) is 4.74. The highest BCUT2D eigenvalue weighted by Gasteiger charge is 2.51. The number of rotatable bonds is 8. The number of unbranched alkanes of at least 4 members (excludes halogenated alkanes) is 1. The van der Waals surface area contributed by atoms with Crippen molar-refractivity contribution in [3.8, 4) is 0 Å². The van der Waals surface area contributed by atoms with Crippen LogP contribution in [0.3, 0.4) is 0 Å². The fourth-order valence-electron chi connectivity index (χ4n) is 4.53. The van der Waals surface area contributed by atoms with Gasteiger partial charge in [-0.2, -0.15) is 0 Å². The van der Waals surface area contributed by atoms with Gasteiger partial charge in [0.2, 0.25) is 0 Å². The summed E-state index contributed by atoms with van der Waals surface area (Å²) in [6.45, 7) is 1.23. The Bertz CT molecular complexity index is 1270. The summed E-state index contributed by atoms with van der Waals surface area (Å²) in [7, 11) is 0. The Labute approximate surface area is 199 Å². The number of aromatic nitrogens is 1. The number of fused-ring (bicyclic) bond motifs is 1. The number of amides is 1. The van der Waals surface area contributed by atoms with Gasteiger partial charge in [0.15, 0.2) is 11.5 Å². The molecule has 1 aliphatic heterocycles. The highest BCUT2D eigenvalue weighted by molar-refractivity contribution is 6.10. The van der Waals surface area contributed by atoms with Gasteiger partial charge in [0.05, 0.1) is 5.52 Å². The summed E-state index contributed by atoms with van der Waals surface area (Å²) in [6.07, 6.45) is 1.63. The summed E-state index contributed by atoms with van der Waals surface area (Å²) in [4.78, 5) is 20.0. The Morgan fingerprint density at radius 1 is 0.824 bits per heavy atom. The first-order valence-corrected chi connectivity index (χ1v) is 11.6. The molecule has 1 fully saturated rings. The Kier molecular flexibility index (Phi) is 5.95. The Morgan fingerprint density at radius 2 is 1.47 bits per heavy atom. The van der Waals surface area contributed by atoms with Gasteiger partial charge >= 0.3 is 0 Å². The van der Waals surface area contributed by atoms with Gasteiger partial charge in [-0.05, 0) is 42.2 Å². The van der Waals surface area contributed by atoms with E-state index in [0.29, 0.717) is 6.54 Å². The van der Waals surface area contributed by atoms with Crippen LogP contribution >= 0.6 is 0 Å². The zero-order valence-electron chi connectivity index (χ0n) is 18.9. The van der Waals surface area contributed by atoms with Crippen LogP contribution in [0.2, 0.25) is 0 Å². The molecular weight excluding hydrogens is 422 g/mol. The molecule has 1 aromatic heterocycles. The predicted molar refractivity (Wildman–Crippen MR) is 136 cm³/mol. The summed E-state index contributed by atoms with van der Waals surface area (Å²) < 4.78 is 0. The van der Waals surface area contributed by atoms with E-state index in [1.807, 2.05) is 91.0 Å². The molecule has 1 amide bonds. The molecule has 0 bridgehead atoms. The fourth-order valence-corrected chi connectivity index (χ4v) is 4.53. The topological polar surface area (TPSA) is 81.1 Å². The lowest BCUT2D eigenvalue weighted by Gasteiger charge is -2.28. The lowest BCUT2D eigenvalue weighted by atomic mass is 9.82. The van der Waals surface area contributed by atoms with Gasteiger partial charge in [0.1, 0.15) is 5.82 Å². The molecule has 6 nitrogen and oxygen atoms in total. The van der Waals surface area contributed by atoms with Gasteiger partial charge in [-0.1, -0.05) is 78.9 Å². The van der Waals surface area contributed by atoms with E-state index in [2.05, 4.69) is 21.7 Å². The van der Waals surface area contributed by atoms with E-state index in [1.165, 1.54) is 0 Å². The lowest BCUT2D eigenvalue weighted by molar-refractivity contribution is -0.130. The van der Waals surface area contributed by atoms with Gasteiger partial charge in [0, 0.05) is 18.5 Å². The maximum Gasteiger partial charge on any atom is 0.264 e. The fraction of sp³-hybridized carbons (Fsp3) is 0.179. The maximum atomic E-state index is 13.7. The Morgan fingerprint density at radius 3 is 2.18 bits per heavy atom. The summed E-state index contributed by atoms with van der Waals surface area (Å²) in [5.41, 5.74) is 1.56. The molecule has 0 unspecified atom stereocenters. The lowest BCUT2D eigenvalue weighted by Crippen LogP contribution is -2.45. The van der Waals surface area contributed by atoms with Crippen LogP contribution in [0.5, 0.6) is 0 Å². The SMILES string of the molecule is N=C1NC(c2ccccc2)(c2ccccc2)C(=O)N1CCCCNc1ccc2ccccc2n1. The van der Waals surface area contributed by atoms with E-state index in [-0.39, 0.29) is 11.9 Å². The van der Waals surface area contributed by atoms with E-state index in [4.69, 9.17) is 5.41 Å². The van der Waals surface area contributed by atoms with Crippen molar-refractivity contribution in [1.82, 2.24) is 15.2 Å². The first kappa shape index (κ1) is 21.6. The smallest absolute Gasteiger partial charge is 0.264 e. The first-order valence-electron chi connectivity index (χ1n) is 11.6. The number of carbonyl (C=O) groups excluding carboxylic acids is 1. The highest BCUT2D eigenvalue weighted by Crippen LogP contribution is 2.35. The average Bonchev–Trinajstić information content (AvgIpc) is 3.15. The van der Waals surface area contributed by atoms with Crippen molar-refractivity contribution < 1.29 is 4.79 Å². The van der Waals surface area contributed by atoms with Crippen LogP contribution in [0, 0.1) is 5.41 Å². The summed E-state index contributed by atoms with van der Waals surface area (Å²) in [6, 6.07) is 31.4. The second-order valence-corrected chi connectivity index (χ2v) is 8.44. The van der Waals surface area contributed by atoms with Gasteiger partial charge < -0.3 is 10.6 Å². The van der Waals surface area contributed by atoms with Crippen LogP contribution in [0.25, 0.3) is 10.9 Å². The van der Waals surface area contributed by atoms with Gasteiger partial charge in [0.25, 0.3) is 5.91 Å². The monoisotopic (exact) mass is 449 g/mol. The number of nitrogens with one attached hydrogen (secondary N) is 3. The third kappa shape index (κ3) is 3.99. The quantitative estimate of drug-likeness (QED) is 0.340. The minimum atomic E-state index is -1.08. The molecule has 0 aliphatic carbocycles. The summed E-state index contributed by atoms with van der Waals surface area (Å²) in [5.74, 6) is 0.874. The number of nitrogens with zero attached hydrogens (tertiary/aromatic N) is 2. The number of pyridine rings is 1. The molecule has 4 aromatic rings. The van der Waals surface area contributed by atoms with E-state index >= 15 is 0 Å². The largest absolute Gasteiger partial charge is 0.370 e. The van der Waals surface area contributed by atoms with Gasteiger partial charge in [-0.25, -0.2) is 4.98 Å². The number of anilines is 1. The van der Waals surface area contributed by atoms with Crippen molar-refractivity contribution in [3.05, 3.63) is 108 Å². The number of para-hydroxylation sites is 1. The molecule has 34 heavy (non-hydrogen) atoms. The van der Waals surface area contributed by atoms with Crippen LogP contribution in [-0.4, -0.2) is 34.8 Å². The minimum Gasteiger partial charge on any atom is -0.370 e. The summed E-state index contributed by atoms with van der Waals surface area (Å²) in [5, 5.41) is 16.3. The van der Waals surface area contributed by atoms with E-state index in [9.17, 15) is 4.79 Å². The number of hydrogen-bond acceptors (Lipinski definition) is 4. The molecule has 3 aromatic carbocycles. The molecule has 0 spiro atoms. The zero-order valence-corrected chi connectivity index (χ0v) is 18.9. The molecule has 3 N–H and O–H groups in total. The molecule has 170 valence electrons. The van der Waals surface area contributed by atoms with E-state index in [0.717, 1.165) is 47.2 Å². The molecule has 2 heterocycles. The van der Waals surface area contributed by atoms with E-state index < -0.39 is 5.54 Å². The van der Waals surface area contributed by atoms with Gasteiger partial charge in [-0.15, -0.1) is 0 Å². The number of benzene rings is 3. The summed E-state index contributed by atoms with van der Waals surface area (Å²) >= 11 is 0. The zero-order chi connectivity index (χ0) is 23.4. The molecule has 1 aliphatic rings. The molecular formula is C28H27N5O. The van der Waals surface area contributed by atoms with E-state index in [1.54, 1.807) is 4.90 Å². The Hall–Kier alpha value is -4.19. The van der Waals surface area contributed by atoms with Crippen molar-refractivity contribution in [2.75, 3.05) is 18.4 Å². The molecule has 0 radical (unpaired) electrons. The second-order valence-electron chi connectivity index (χ2n) is 8.44. The normalized spacial score (nSPS) is 14.9. The van der Waals surface area contributed by atoms with Crippen LogP contribution in [0.4, 0.5) is 5.82 Å². The molecule has 0 saturated carbocycles. The number of carbonyl (C=O) groups is 1. The van der Waals surface area contributed by atoms with Crippen LogP contribution in [0.15, 0.2) is 97.1 Å². The van der Waals surface area contributed by atoms with Gasteiger partial charge in [-0.3, -0.25) is 15.1 Å².